The Morgan fingerprint density at radius 1 is 1.18 bits per heavy atom. The van der Waals surface area contributed by atoms with Crippen LogP contribution >= 0.6 is 0 Å². The van der Waals surface area contributed by atoms with E-state index in [-0.39, 0.29) is 0 Å². The molecule has 0 saturated heterocycles. The van der Waals surface area contributed by atoms with Gasteiger partial charge in [-0.1, -0.05) is 13.8 Å². The van der Waals surface area contributed by atoms with E-state index < -0.39 is 0 Å². The van der Waals surface area contributed by atoms with Gasteiger partial charge in [-0.25, -0.2) is 0 Å². The Hall–Kier alpha value is -0.120. The Morgan fingerprint density at radius 2 is 1.88 bits per heavy atom. The minimum Gasteiger partial charge on any atom is -0.380 e. The van der Waals surface area contributed by atoms with Gasteiger partial charge in [0.2, 0.25) is 0 Å². The number of likely N-dealkylation sites (N-methyl/N-ethyl adjacent to an activating group) is 1. The number of hydrogen-bond donors (Lipinski definition) is 1. The van der Waals surface area contributed by atoms with Gasteiger partial charge in [-0.05, 0) is 46.7 Å². The minimum absolute atomic E-state index is 0.603. The maximum absolute atomic E-state index is 5.43. The van der Waals surface area contributed by atoms with Crippen molar-refractivity contribution in [2.45, 2.75) is 59.5 Å². The van der Waals surface area contributed by atoms with Crippen molar-refractivity contribution in [3.8, 4) is 0 Å². The number of ether oxygens (including phenoxy) is 1. The Labute approximate surface area is 108 Å². The number of rotatable bonds is 11. The average Bonchev–Trinajstić information content (AvgIpc) is 2.32. The van der Waals surface area contributed by atoms with Gasteiger partial charge in [0.05, 0.1) is 6.61 Å². The molecule has 0 aliphatic rings. The van der Waals surface area contributed by atoms with Crippen LogP contribution < -0.4 is 5.32 Å². The van der Waals surface area contributed by atoms with Gasteiger partial charge >= 0.3 is 0 Å². The normalized spacial score (nSPS) is 15.2. The summed E-state index contributed by atoms with van der Waals surface area (Å²) in [6, 6.07) is 1.23. The maximum atomic E-state index is 5.43. The number of hydrogen-bond acceptors (Lipinski definition) is 3. The lowest BCUT2D eigenvalue weighted by atomic mass is 10.1. The molecule has 3 heteroatoms. The van der Waals surface area contributed by atoms with E-state index in [4.69, 9.17) is 4.74 Å². The van der Waals surface area contributed by atoms with E-state index in [0.717, 1.165) is 32.8 Å². The molecule has 0 aliphatic heterocycles. The van der Waals surface area contributed by atoms with E-state index in [1.54, 1.807) is 0 Å². The van der Waals surface area contributed by atoms with Crippen molar-refractivity contribution in [3.63, 3.8) is 0 Å². The SMILES string of the molecule is CCCNC(C)CC(C)N(CC)CCOCC. The third-order valence-corrected chi connectivity index (χ3v) is 3.19. The molecule has 2 unspecified atom stereocenters. The van der Waals surface area contributed by atoms with Crippen molar-refractivity contribution in [3.05, 3.63) is 0 Å². The van der Waals surface area contributed by atoms with Crippen LogP contribution in [0.1, 0.15) is 47.5 Å². The molecular formula is C14H32N2O. The molecule has 17 heavy (non-hydrogen) atoms. The molecule has 0 amide bonds. The summed E-state index contributed by atoms with van der Waals surface area (Å²) < 4.78 is 5.43. The molecule has 0 heterocycles. The summed E-state index contributed by atoms with van der Waals surface area (Å²) in [6.07, 6.45) is 2.42. The molecule has 0 bridgehead atoms. The van der Waals surface area contributed by atoms with Crippen molar-refractivity contribution < 1.29 is 4.74 Å². The minimum atomic E-state index is 0.603. The second-order valence-electron chi connectivity index (χ2n) is 4.77. The standard InChI is InChI=1S/C14H32N2O/c1-6-9-15-13(4)12-14(5)16(7-2)10-11-17-8-3/h13-15H,6-12H2,1-5H3. The largest absolute Gasteiger partial charge is 0.380 e. The van der Waals surface area contributed by atoms with Gasteiger partial charge in [0.1, 0.15) is 0 Å². The van der Waals surface area contributed by atoms with Crippen molar-refractivity contribution in [2.24, 2.45) is 0 Å². The van der Waals surface area contributed by atoms with Gasteiger partial charge < -0.3 is 10.1 Å². The zero-order valence-electron chi connectivity index (χ0n) is 12.5. The highest BCUT2D eigenvalue weighted by molar-refractivity contribution is 4.72. The quantitative estimate of drug-likeness (QED) is 0.565. The Morgan fingerprint density at radius 3 is 2.41 bits per heavy atom. The van der Waals surface area contributed by atoms with E-state index in [2.05, 4.69) is 44.8 Å². The van der Waals surface area contributed by atoms with Gasteiger partial charge in [0.25, 0.3) is 0 Å². The van der Waals surface area contributed by atoms with Crippen LogP contribution in [0.25, 0.3) is 0 Å². The first-order valence-electron chi connectivity index (χ1n) is 7.20. The zero-order valence-corrected chi connectivity index (χ0v) is 12.5. The van der Waals surface area contributed by atoms with Gasteiger partial charge in [-0.3, -0.25) is 4.90 Å². The monoisotopic (exact) mass is 244 g/mol. The second kappa shape index (κ2) is 11.0. The lowest BCUT2D eigenvalue weighted by molar-refractivity contribution is 0.0959. The molecule has 0 aliphatic carbocycles. The highest BCUT2D eigenvalue weighted by atomic mass is 16.5. The van der Waals surface area contributed by atoms with Gasteiger partial charge in [-0.15, -0.1) is 0 Å². The first-order valence-corrected chi connectivity index (χ1v) is 7.20. The molecule has 0 rings (SSSR count). The van der Waals surface area contributed by atoms with Crippen LogP contribution in [0.3, 0.4) is 0 Å². The summed E-state index contributed by atoms with van der Waals surface area (Å²) in [7, 11) is 0. The third kappa shape index (κ3) is 8.58. The van der Waals surface area contributed by atoms with E-state index >= 15 is 0 Å². The first-order chi connectivity index (χ1) is 8.15. The zero-order chi connectivity index (χ0) is 13.1. The second-order valence-corrected chi connectivity index (χ2v) is 4.77. The molecule has 0 spiro atoms. The van der Waals surface area contributed by atoms with Crippen molar-refractivity contribution >= 4 is 0 Å². The predicted molar refractivity (Wildman–Crippen MR) is 75.6 cm³/mol. The molecule has 0 fully saturated rings. The molecule has 0 radical (unpaired) electrons. The Balaban J connectivity index is 3.84. The predicted octanol–water partition coefficient (Wildman–Crippen LogP) is 2.51. The van der Waals surface area contributed by atoms with Crippen molar-refractivity contribution in [2.75, 3.05) is 32.8 Å². The maximum Gasteiger partial charge on any atom is 0.0593 e. The third-order valence-electron chi connectivity index (χ3n) is 3.19. The molecule has 1 N–H and O–H groups in total. The van der Waals surface area contributed by atoms with E-state index in [1.807, 2.05) is 0 Å². The van der Waals surface area contributed by atoms with Crippen LogP contribution in [-0.4, -0.2) is 49.8 Å². The fourth-order valence-electron chi connectivity index (χ4n) is 2.15. The summed E-state index contributed by atoms with van der Waals surface area (Å²) in [5, 5.41) is 3.55. The molecular weight excluding hydrogens is 212 g/mol. The Kier molecular flexibility index (Phi) is 10.9. The van der Waals surface area contributed by atoms with Crippen LogP contribution in [0.5, 0.6) is 0 Å². The summed E-state index contributed by atoms with van der Waals surface area (Å²) in [6.45, 7) is 16.0. The van der Waals surface area contributed by atoms with Crippen LogP contribution in [0.15, 0.2) is 0 Å². The Bertz CT molecular complexity index is 164. The molecule has 2 atom stereocenters. The number of nitrogens with one attached hydrogen (secondary N) is 1. The number of nitrogens with zero attached hydrogens (tertiary/aromatic N) is 1. The van der Waals surface area contributed by atoms with Crippen LogP contribution in [0, 0.1) is 0 Å². The van der Waals surface area contributed by atoms with E-state index in [1.165, 1.54) is 12.8 Å². The van der Waals surface area contributed by atoms with Crippen LogP contribution in [0.4, 0.5) is 0 Å². The molecule has 3 nitrogen and oxygen atoms in total. The van der Waals surface area contributed by atoms with Gasteiger partial charge in [0.15, 0.2) is 0 Å². The van der Waals surface area contributed by atoms with Crippen LogP contribution in [-0.2, 0) is 4.74 Å². The fraction of sp³-hybridized carbons (Fsp3) is 1.00. The molecule has 0 saturated carbocycles. The topological polar surface area (TPSA) is 24.5 Å². The van der Waals surface area contributed by atoms with Crippen molar-refractivity contribution in [1.29, 1.82) is 0 Å². The van der Waals surface area contributed by atoms with Gasteiger partial charge in [-0.2, -0.15) is 0 Å². The summed E-state index contributed by atoms with van der Waals surface area (Å²) in [5.41, 5.74) is 0. The summed E-state index contributed by atoms with van der Waals surface area (Å²) >= 11 is 0. The van der Waals surface area contributed by atoms with Crippen LogP contribution in [0.2, 0.25) is 0 Å². The molecule has 0 aromatic heterocycles. The molecule has 0 aromatic carbocycles. The molecule has 0 aromatic rings. The smallest absolute Gasteiger partial charge is 0.0593 e. The summed E-state index contributed by atoms with van der Waals surface area (Å²) in [4.78, 5) is 2.50. The average molecular weight is 244 g/mol. The van der Waals surface area contributed by atoms with E-state index in [9.17, 15) is 0 Å². The lowest BCUT2D eigenvalue weighted by Crippen LogP contribution is -2.40. The fourth-order valence-corrected chi connectivity index (χ4v) is 2.15. The molecule has 104 valence electrons. The lowest BCUT2D eigenvalue weighted by Gasteiger charge is -2.30. The van der Waals surface area contributed by atoms with Crippen molar-refractivity contribution in [1.82, 2.24) is 10.2 Å². The summed E-state index contributed by atoms with van der Waals surface area (Å²) in [5.74, 6) is 0. The van der Waals surface area contributed by atoms with E-state index in [0.29, 0.717) is 12.1 Å². The first kappa shape index (κ1) is 16.9. The highest BCUT2D eigenvalue weighted by Crippen LogP contribution is 2.06. The highest BCUT2D eigenvalue weighted by Gasteiger charge is 2.14. The van der Waals surface area contributed by atoms with Gasteiger partial charge in [0, 0.05) is 25.2 Å².